The third-order valence-corrected chi connectivity index (χ3v) is 4.97. The van der Waals surface area contributed by atoms with Crippen LogP contribution >= 0.6 is 23.4 Å². The van der Waals surface area contributed by atoms with Crippen LogP contribution < -0.4 is 5.32 Å². The van der Waals surface area contributed by atoms with Crippen LogP contribution in [0, 0.1) is 5.92 Å². The summed E-state index contributed by atoms with van der Waals surface area (Å²) in [7, 11) is 0. The molecule has 0 amide bonds. The topological polar surface area (TPSA) is 12.0 Å². The number of nitrogens with one attached hydrogen (secondary N) is 1. The van der Waals surface area contributed by atoms with Crippen LogP contribution in [-0.4, -0.2) is 18.3 Å². The summed E-state index contributed by atoms with van der Waals surface area (Å²) in [5.41, 5.74) is 0. The second-order valence-corrected chi connectivity index (χ2v) is 5.95. The van der Waals surface area contributed by atoms with E-state index in [1.54, 1.807) is 0 Å². The molecule has 0 bridgehead atoms. The lowest BCUT2D eigenvalue weighted by Crippen LogP contribution is -2.37. The van der Waals surface area contributed by atoms with E-state index in [1.165, 1.54) is 17.7 Å². The highest BCUT2D eigenvalue weighted by atomic mass is 35.5. The number of halogens is 1. The van der Waals surface area contributed by atoms with E-state index in [9.17, 15) is 0 Å². The van der Waals surface area contributed by atoms with Gasteiger partial charge in [0, 0.05) is 16.7 Å². The highest BCUT2D eigenvalue weighted by molar-refractivity contribution is 7.99. The van der Waals surface area contributed by atoms with Crippen molar-refractivity contribution in [1.82, 2.24) is 5.32 Å². The zero-order valence-electron chi connectivity index (χ0n) is 11.6. The Morgan fingerprint density at radius 2 is 1.83 bits per heavy atom. The molecule has 0 aliphatic heterocycles. The summed E-state index contributed by atoms with van der Waals surface area (Å²) >= 11 is 8.05. The fourth-order valence-corrected chi connectivity index (χ4v) is 3.65. The molecule has 0 heterocycles. The van der Waals surface area contributed by atoms with Crippen LogP contribution in [0.5, 0.6) is 0 Å². The molecule has 1 unspecified atom stereocenters. The van der Waals surface area contributed by atoms with Crippen molar-refractivity contribution in [2.75, 3.05) is 12.3 Å². The van der Waals surface area contributed by atoms with Crippen LogP contribution in [0.15, 0.2) is 29.2 Å². The third-order valence-electron chi connectivity index (χ3n) is 3.34. The van der Waals surface area contributed by atoms with Crippen molar-refractivity contribution in [3.8, 4) is 0 Å². The van der Waals surface area contributed by atoms with Gasteiger partial charge in [0.2, 0.25) is 0 Å². The summed E-state index contributed by atoms with van der Waals surface area (Å²) in [6.45, 7) is 7.76. The molecule has 18 heavy (non-hydrogen) atoms. The maximum absolute atomic E-state index is 6.19. The van der Waals surface area contributed by atoms with Crippen molar-refractivity contribution in [2.24, 2.45) is 5.92 Å². The number of rotatable bonds is 8. The fourth-order valence-electron chi connectivity index (χ4n) is 2.22. The first kappa shape index (κ1) is 15.9. The Hall–Kier alpha value is -0.180. The molecule has 0 aromatic heterocycles. The maximum atomic E-state index is 6.19. The molecule has 1 rings (SSSR count). The second kappa shape index (κ2) is 8.84. The molecule has 0 spiro atoms. The average molecular weight is 286 g/mol. The van der Waals surface area contributed by atoms with E-state index in [0.29, 0.717) is 6.04 Å². The molecule has 3 heteroatoms. The fraction of sp³-hybridized carbons (Fsp3) is 0.600. The lowest BCUT2D eigenvalue weighted by molar-refractivity contribution is 0.365. The summed E-state index contributed by atoms with van der Waals surface area (Å²) in [6.07, 6.45) is 2.47. The van der Waals surface area contributed by atoms with Crippen LogP contribution in [0.2, 0.25) is 5.02 Å². The van der Waals surface area contributed by atoms with Gasteiger partial charge in [0.05, 0.1) is 5.02 Å². The van der Waals surface area contributed by atoms with Crippen molar-refractivity contribution in [2.45, 2.75) is 44.6 Å². The molecule has 0 fully saturated rings. The predicted molar refractivity (Wildman–Crippen MR) is 83.7 cm³/mol. The molecule has 102 valence electrons. The second-order valence-electron chi connectivity index (χ2n) is 4.48. The van der Waals surface area contributed by atoms with Crippen molar-refractivity contribution in [1.29, 1.82) is 0 Å². The maximum Gasteiger partial charge on any atom is 0.0541 e. The zero-order chi connectivity index (χ0) is 13.4. The SMILES string of the molecule is CCNC(CSc1ccccc1Cl)C(CC)CC. The minimum Gasteiger partial charge on any atom is -0.313 e. The Morgan fingerprint density at radius 1 is 1.17 bits per heavy atom. The Bertz CT molecular complexity index is 339. The molecular weight excluding hydrogens is 262 g/mol. The Morgan fingerprint density at radius 3 is 2.39 bits per heavy atom. The van der Waals surface area contributed by atoms with Gasteiger partial charge >= 0.3 is 0 Å². The quantitative estimate of drug-likeness (QED) is 0.686. The highest BCUT2D eigenvalue weighted by Gasteiger charge is 2.17. The third kappa shape index (κ3) is 4.83. The predicted octanol–water partition coefficient (Wildman–Crippen LogP) is 4.85. The number of hydrogen-bond acceptors (Lipinski definition) is 2. The van der Waals surface area contributed by atoms with Gasteiger partial charge in [-0.2, -0.15) is 0 Å². The minimum atomic E-state index is 0.575. The molecule has 1 atom stereocenters. The van der Waals surface area contributed by atoms with E-state index in [4.69, 9.17) is 11.6 Å². The van der Waals surface area contributed by atoms with E-state index in [1.807, 2.05) is 30.0 Å². The van der Waals surface area contributed by atoms with Crippen molar-refractivity contribution in [3.63, 3.8) is 0 Å². The van der Waals surface area contributed by atoms with Gasteiger partial charge in [-0.1, -0.05) is 57.3 Å². The first-order chi connectivity index (χ1) is 8.72. The molecule has 1 aromatic carbocycles. The molecule has 0 radical (unpaired) electrons. The summed E-state index contributed by atoms with van der Waals surface area (Å²) in [5.74, 6) is 1.84. The average Bonchev–Trinajstić information content (AvgIpc) is 2.39. The van der Waals surface area contributed by atoms with Crippen molar-refractivity contribution >= 4 is 23.4 Å². The van der Waals surface area contributed by atoms with Gasteiger partial charge in [-0.3, -0.25) is 0 Å². The van der Waals surface area contributed by atoms with E-state index >= 15 is 0 Å². The summed E-state index contributed by atoms with van der Waals surface area (Å²) < 4.78 is 0. The molecule has 0 aliphatic rings. The minimum absolute atomic E-state index is 0.575. The van der Waals surface area contributed by atoms with Crippen LogP contribution in [-0.2, 0) is 0 Å². The Balaban J connectivity index is 2.59. The van der Waals surface area contributed by atoms with Crippen LogP contribution in [0.25, 0.3) is 0 Å². The van der Waals surface area contributed by atoms with Gasteiger partial charge < -0.3 is 5.32 Å². The van der Waals surface area contributed by atoms with Gasteiger partial charge in [0.25, 0.3) is 0 Å². The van der Waals surface area contributed by atoms with E-state index < -0.39 is 0 Å². The first-order valence-corrected chi connectivity index (χ1v) is 8.19. The lowest BCUT2D eigenvalue weighted by atomic mass is 9.95. The number of thioether (sulfide) groups is 1. The smallest absolute Gasteiger partial charge is 0.0541 e. The van der Waals surface area contributed by atoms with Crippen molar-refractivity contribution < 1.29 is 0 Å². The highest BCUT2D eigenvalue weighted by Crippen LogP contribution is 2.29. The van der Waals surface area contributed by atoms with E-state index in [2.05, 4.69) is 32.2 Å². The van der Waals surface area contributed by atoms with E-state index in [-0.39, 0.29) is 0 Å². The zero-order valence-corrected chi connectivity index (χ0v) is 13.2. The largest absolute Gasteiger partial charge is 0.313 e. The number of benzene rings is 1. The van der Waals surface area contributed by atoms with E-state index in [0.717, 1.165) is 23.2 Å². The summed E-state index contributed by atoms with van der Waals surface area (Å²) in [5, 5.41) is 4.47. The van der Waals surface area contributed by atoms with Gasteiger partial charge in [-0.15, -0.1) is 11.8 Å². The van der Waals surface area contributed by atoms with Crippen LogP contribution in [0.4, 0.5) is 0 Å². The molecule has 0 saturated heterocycles. The van der Waals surface area contributed by atoms with Gasteiger partial charge in [-0.05, 0) is 24.6 Å². The lowest BCUT2D eigenvalue weighted by Gasteiger charge is -2.26. The Labute approximate surface area is 121 Å². The summed E-state index contributed by atoms with van der Waals surface area (Å²) in [4.78, 5) is 1.19. The van der Waals surface area contributed by atoms with Crippen LogP contribution in [0.1, 0.15) is 33.6 Å². The van der Waals surface area contributed by atoms with Crippen molar-refractivity contribution in [3.05, 3.63) is 29.3 Å². The van der Waals surface area contributed by atoms with Gasteiger partial charge in [-0.25, -0.2) is 0 Å². The molecular formula is C15H24ClNS. The number of hydrogen-bond donors (Lipinski definition) is 1. The molecule has 0 saturated carbocycles. The molecule has 0 aliphatic carbocycles. The Kier molecular flexibility index (Phi) is 7.80. The summed E-state index contributed by atoms with van der Waals surface area (Å²) in [6, 6.07) is 8.67. The normalized spacial score (nSPS) is 12.9. The molecule has 1 nitrogen and oxygen atoms in total. The molecule has 1 N–H and O–H groups in total. The van der Waals surface area contributed by atoms with Crippen LogP contribution in [0.3, 0.4) is 0 Å². The monoisotopic (exact) mass is 285 g/mol. The standard InChI is InChI=1S/C15H24ClNS/c1-4-12(5-2)14(17-6-3)11-18-15-10-8-7-9-13(15)16/h7-10,12,14,17H,4-6,11H2,1-3H3. The van der Waals surface area contributed by atoms with Gasteiger partial charge in [0.1, 0.15) is 0 Å². The molecule has 1 aromatic rings. The first-order valence-electron chi connectivity index (χ1n) is 6.83. The van der Waals surface area contributed by atoms with Gasteiger partial charge in [0.15, 0.2) is 0 Å².